The number of hydrogen-bond donors (Lipinski definition) is 2. The topological polar surface area (TPSA) is 84.1 Å². The lowest BCUT2D eigenvalue weighted by Crippen LogP contribution is -2.21. The summed E-state index contributed by atoms with van der Waals surface area (Å²) < 4.78 is 4.72. The van der Waals surface area contributed by atoms with Crippen LogP contribution in [0.2, 0.25) is 0 Å². The first-order valence-electron chi connectivity index (χ1n) is 6.95. The van der Waals surface area contributed by atoms with E-state index >= 15 is 0 Å². The highest BCUT2D eigenvalue weighted by Crippen LogP contribution is 2.24. The van der Waals surface area contributed by atoms with Crippen LogP contribution in [0.5, 0.6) is 0 Å². The van der Waals surface area contributed by atoms with E-state index in [0.717, 1.165) is 17.0 Å². The number of carbonyl (C=O) groups excluding carboxylic acids is 2. The molecule has 1 aromatic heterocycles. The van der Waals surface area contributed by atoms with Gasteiger partial charge in [-0.15, -0.1) is 0 Å². The molecule has 0 aliphatic carbocycles. The summed E-state index contributed by atoms with van der Waals surface area (Å²) in [4.78, 5) is 24.2. The third-order valence-electron chi connectivity index (χ3n) is 3.60. The number of aromatic nitrogens is 2. The van der Waals surface area contributed by atoms with E-state index in [1.165, 1.54) is 7.11 Å². The van der Waals surface area contributed by atoms with E-state index in [1.807, 2.05) is 13.8 Å². The van der Waals surface area contributed by atoms with Gasteiger partial charge < -0.3 is 10.1 Å². The molecule has 1 aromatic carbocycles. The molecule has 0 bridgehead atoms. The zero-order valence-corrected chi connectivity index (χ0v) is 13.1. The van der Waals surface area contributed by atoms with Crippen LogP contribution >= 0.6 is 0 Å². The summed E-state index contributed by atoms with van der Waals surface area (Å²) in [5.41, 5.74) is 3.28. The number of benzene rings is 1. The molecule has 1 heterocycles. The molecular weight excluding hydrogens is 282 g/mol. The normalized spacial score (nSPS) is 11.8. The van der Waals surface area contributed by atoms with E-state index in [9.17, 15) is 9.59 Å². The summed E-state index contributed by atoms with van der Waals surface area (Å²) in [7, 11) is 1.31. The van der Waals surface area contributed by atoms with E-state index in [4.69, 9.17) is 4.74 Å². The zero-order valence-electron chi connectivity index (χ0n) is 13.1. The van der Waals surface area contributed by atoms with Gasteiger partial charge in [0.05, 0.1) is 30.0 Å². The Hall–Kier alpha value is -2.63. The van der Waals surface area contributed by atoms with Crippen molar-refractivity contribution in [1.82, 2.24) is 10.2 Å². The van der Waals surface area contributed by atoms with Crippen molar-refractivity contribution in [1.29, 1.82) is 0 Å². The van der Waals surface area contributed by atoms with Crippen LogP contribution in [0.15, 0.2) is 24.3 Å². The predicted octanol–water partition coefficient (Wildman–Crippen LogP) is 2.56. The van der Waals surface area contributed by atoms with Gasteiger partial charge in [-0.1, -0.05) is 12.1 Å². The van der Waals surface area contributed by atoms with Gasteiger partial charge in [-0.3, -0.25) is 9.89 Å². The molecule has 0 aliphatic heterocycles. The Morgan fingerprint density at radius 2 is 1.95 bits per heavy atom. The second-order valence-electron chi connectivity index (χ2n) is 5.10. The fraction of sp³-hybridized carbons (Fsp3) is 0.312. The van der Waals surface area contributed by atoms with Crippen LogP contribution in [0.3, 0.4) is 0 Å². The number of esters is 1. The van der Waals surface area contributed by atoms with Gasteiger partial charge in [-0.05, 0) is 32.9 Å². The maximum Gasteiger partial charge on any atom is 0.339 e. The molecule has 6 heteroatoms. The highest BCUT2D eigenvalue weighted by atomic mass is 16.5. The molecule has 22 heavy (non-hydrogen) atoms. The lowest BCUT2D eigenvalue weighted by atomic mass is 9.98. The number of hydrogen-bond acceptors (Lipinski definition) is 4. The molecule has 2 aromatic rings. The molecule has 0 saturated heterocycles. The first-order chi connectivity index (χ1) is 10.5. The number of ether oxygens (including phenoxy) is 1. The Morgan fingerprint density at radius 1 is 1.27 bits per heavy atom. The highest BCUT2D eigenvalue weighted by molar-refractivity contribution is 6.03. The van der Waals surface area contributed by atoms with Crippen molar-refractivity contribution in [2.45, 2.75) is 26.7 Å². The minimum absolute atomic E-state index is 0.205. The maximum absolute atomic E-state index is 12.5. The summed E-state index contributed by atoms with van der Waals surface area (Å²) in [6.07, 6.45) is 0. The number of aryl methyl sites for hydroxylation is 2. The van der Waals surface area contributed by atoms with Crippen molar-refractivity contribution in [2.24, 2.45) is 0 Å². The van der Waals surface area contributed by atoms with Crippen LogP contribution in [0.1, 0.15) is 40.2 Å². The second-order valence-corrected chi connectivity index (χ2v) is 5.10. The monoisotopic (exact) mass is 301 g/mol. The fourth-order valence-electron chi connectivity index (χ4n) is 2.45. The average molecular weight is 301 g/mol. The molecule has 1 amide bonds. The van der Waals surface area contributed by atoms with Crippen molar-refractivity contribution < 1.29 is 14.3 Å². The molecule has 0 spiro atoms. The molecule has 0 fully saturated rings. The minimum Gasteiger partial charge on any atom is -0.465 e. The van der Waals surface area contributed by atoms with Gasteiger partial charge in [0.25, 0.3) is 0 Å². The molecule has 1 atom stereocenters. The van der Waals surface area contributed by atoms with Crippen LogP contribution in [0, 0.1) is 13.8 Å². The molecule has 6 nitrogen and oxygen atoms in total. The van der Waals surface area contributed by atoms with E-state index in [1.54, 1.807) is 31.2 Å². The number of H-pyrrole nitrogens is 1. The molecule has 0 saturated carbocycles. The average Bonchev–Trinajstić information content (AvgIpc) is 2.85. The van der Waals surface area contributed by atoms with Gasteiger partial charge >= 0.3 is 5.97 Å². The number of para-hydroxylation sites is 1. The second kappa shape index (κ2) is 6.43. The van der Waals surface area contributed by atoms with Gasteiger partial charge in [0.1, 0.15) is 0 Å². The van der Waals surface area contributed by atoms with E-state index in [-0.39, 0.29) is 11.8 Å². The Labute approximate surface area is 128 Å². The zero-order chi connectivity index (χ0) is 16.3. The van der Waals surface area contributed by atoms with Crippen molar-refractivity contribution in [3.05, 3.63) is 46.8 Å². The number of aromatic amines is 1. The predicted molar refractivity (Wildman–Crippen MR) is 82.9 cm³/mol. The van der Waals surface area contributed by atoms with Gasteiger partial charge in [-0.2, -0.15) is 5.10 Å². The molecule has 1 unspecified atom stereocenters. The summed E-state index contributed by atoms with van der Waals surface area (Å²) in [5.74, 6) is -1.08. The van der Waals surface area contributed by atoms with Crippen LogP contribution < -0.4 is 5.32 Å². The standard InChI is InChI=1S/C16H19N3O3/c1-9(14-10(2)18-19-11(14)3)15(20)17-13-8-6-5-7-12(13)16(21)22-4/h5-9H,1-4H3,(H,17,20)(H,18,19). The van der Waals surface area contributed by atoms with Crippen molar-refractivity contribution in [3.63, 3.8) is 0 Å². The number of nitrogens with one attached hydrogen (secondary N) is 2. The van der Waals surface area contributed by atoms with Crippen LogP contribution in [-0.2, 0) is 9.53 Å². The lowest BCUT2D eigenvalue weighted by Gasteiger charge is -2.14. The van der Waals surface area contributed by atoms with Crippen molar-refractivity contribution in [2.75, 3.05) is 12.4 Å². The number of amides is 1. The van der Waals surface area contributed by atoms with E-state index in [2.05, 4.69) is 15.5 Å². The number of anilines is 1. The molecule has 2 rings (SSSR count). The molecule has 0 radical (unpaired) electrons. The van der Waals surface area contributed by atoms with Crippen molar-refractivity contribution in [3.8, 4) is 0 Å². The van der Waals surface area contributed by atoms with Gasteiger partial charge in [0.2, 0.25) is 5.91 Å². The molecular formula is C16H19N3O3. The number of carbonyl (C=O) groups is 2. The summed E-state index contributed by atoms with van der Waals surface area (Å²) in [6.45, 7) is 5.54. The molecule has 0 aliphatic rings. The maximum atomic E-state index is 12.5. The molecule has 2 N–H and O–H groups in total. The van der Waals surface area contributed by atoms with Crippen molar-refractivity contribution >= 4 is 17.6 Å². The quantitative estimate of drug-likeness (QED) is 0.850. The first kappa shape index (κ1) is 15.8. The first-order valence-corrected chi connectivity index (χ1v) is 6.95. The summed E-state index contributed by atoms with van der Waals surface area (Å²) in [5, 5.41) is 9.76. The van der Waals surface area contributed by atoms with Crippen LogP contribution in [0.25, 0.3) is 0 Å². The lowest BCUT2D eigenvalue weighted by molar-refractivity contribution is -0.117. The Balaban J connectivity index is 2.25. The van der Waals surface area contributed by atoms with E-state index in [0.29, 0.717) is 11.3 Å². The van der Waals surface area contributed by atoms with Crippen LogP contribution in [-0.4, -0.2) is 29.2 Å². The number of nitrogens with zero attached hydrogens (tertiary/aromatic N) is 1. The Morgan fingerprint density at radius 3 is 2.55 bits per heavy atom. The minimum atomic E-state index is -0.487. The van der Waals surface area contributed by atoms with Crippen LogP contribution in [0.4, 0.5) is 5.69 Å². The largest absolute Gasteiger partial charge is 0.465 e. The Kier molecular flexibility index (Phi) is 4.60. The SMILES string of the molecule is COC(=O)c1ccccc1NC(=O)C(C)c1c(C)n[nH]c1C. The number of methoxy groups -OCH3 is 1. The third kappa shape index (κ3) is 3.00. The van der Waals surface area contributed by atoms with Gasteiger partial charge in [0, 0.05) is 11.3 Å². The fourth-order valence-corrected chi connectivity index (χ4v) is 2.45. The smallest absolute Gasteiger partial charge is 0.339 e. The third-order valence-corrected chi connectivity index (χ3v) is 3.60. The number of rotatable bonds is 4. The van der Waals surface area contributed by atoms with Gasteiger partial charge in [0.15, 0.2) is 0 Å². The van der Waals surface area contributed by atoms with Gasteiger partial charge in [-0.25, -0.2) is 4.79 Å². The highest BCUT2D eigenvalue weighted by Gasteiger charge is 2.23. The van der Waals surface area contributed by atoms with E-state index < -0.39 is 5.97 Å². The summed E-state index contributed by atoms with van der Waals surface area (Å²) in [6, 6.07) is 6.75. The summed E-state index contributed by atoms with van der Waals surface area (Å²) >= 11 is 0. The Bertz CT molecular complexity index is 687. The molecule has 116 valence electrons.